The van der Waals surface area contributed by atoms with Gasteiger partial charge in [-0.2, -0.15) is 15.1 Å². The smallest absolute Gasteiger partial charge is 0.283 e. The first-order chi connectivity index (χ1) is 16.9. The second-order valence-corrected chi connectivity index (χ2v) is 8.54. The number of non-ortho nitro benzene ring substituents is 1. The van der Waals surface area contributed by atoms with Crippen LogP contribution in [0.15, 0.2) is 74.7 Å². The van der Waals surface area contributed by atoms with E-state index >= 15 is 0 Å². The van der Waals surface area contributed by atoms with Gasteiger partial charge in [-0.15, -0.1) is 0 Å². The van der Waals surface area contributed by atoms with Crippen LogP contribution in [0.2, 0.25) is 0 Å². The number of nitrogens with one attached hydrogen (secondary N) is 1. The summed E-state index contributed by atoms with van der Waals surface area (Å²) in [6.07, 6.45) is 1.43. The van der Waals surface area contributed by atoms with Crippen molar-refractivity contribution in [3.8, 4) is 17.1 Å². The Kier molecular flexibility index (Phi) is 5.53. The Bertz CT molecular complexity index is 1500. The summed E-state index contributed by atoms with van der Waals surface area (Å²) in [5, 5.41) is 26.4. The summed E-state index contributed by atoms with van der Waals surface area (Å²) in [7, 11) is 1.41. The van der Waals surface area contributed by atoms with Gasteiger partial charge in [0.1, 0.15) is 22.3 Å². The minimum atomic E-state index is -0.569. The zero-order chi connectivity index (χ0) is 24.7. The predicted molar refractivity (Wildman–Crippen MR) is 133 cm³/mol. The standard InChI is InChI=1S/C24H17N5O5S/c1-13-5-3-4-6-16(13)23-27-28-21(25)18(22(30)26-24(28)35-23)12-15-8-10-19(34-15)17-9-7-14(29(31)32)11-20(17)33-2/h3-12,25H,1-2H3/b18-12-,25-21?. The summed E-state index contributed by atoms with van der Waals surface area (Å²) in [5.41, 5.74) is 2.37. The van der Waals surface area contributed by atoms with Crippen molar-refractivity contribution in [3.05, 3.63) is 87.2 Å². The summed E-state index contributed by atoms with van der Waals surface area (Å²) < 4.78 is 11.1. The number of amides is 1. The Morgan fingerprint density at radius 1 is 1.17 bits per heavy atom. The third kappa shape index (κ3) is 4.02. The van der Waals surface area contributed by atoms with Gasteiger partial charge in [-0.1, -0.05) is 24.3 Å². The van der Waals surface area contributed by atoms with E-state index in [1.54, 1.807) is 12.1 Å². The highest BCUT2D eigenvalue weighted by Crippen LogP contribution is 2.35. The van der Waals surface area contributed by atoms with Gasteiger partial charge in [-0.3, -0.25) is 20.3 Å². The lowest BCUT2D eigenvalue weighted by Crippen LogP contribution is -2.35. The number of hydrogen-bond acceptors (Lipinski definition) is 8. The zero-order valence-corrected chi connectivity index (χ0v) is 19.3. The average molecular weight is 487 g/mol. The number of furan rings is 1. The number of benzene rings is 2. The second kappa shape index (κ2) is 8.69. The molecule has 0 unspecified atom stereocenters. The Morgan fingerprint density at radius 3 is 2.71 bits per heavy atom. The maximum atomic E-state index is 12.7. The summed E-state index contributed by atoms with van der Waals surface area (Å²) in [6.45, 7) is 1.97. The topological polar surface area (TPSA) is 134 Å². The monoisotopic (exact) mass is 487 g/mol. The number of nitro groups is 1. The number of rotatable bonds is 5. The molecule has 0 spiro atoms. The van der Waals surface area contributed by atoms with E-state index < -0.39 is 10.8 Å². The van der Waals surface area contributed by atoms with E-state index in [0.29, 0.717) is 27.3 Å². The number of carbonyl (C=O) groups is 1. The molecule has 2 aromatic carbocycles. The van der Waals surface area contributed by atoms with Crippen molar-refractivity contribution in [1.29, 1.82) is 5.41 Å². The van der Waals surface area contributed by atoms with Gasteiger partial charge in [0.15, 0.2) is 5.84 Å². The molecule has 0 atom stereocenters. The van der Waals surface area contributed by atoms with Crippen LogP contribution in [0.3, 0.4) is 0 Å². The van der Waals surface area contributed by atoms with Crippen LogP contribution in [-0.2, 0) is 4.79 Å². The fourth-order valence-electron chi connectivity index (χ4n) is 3.63. The van der Waals surface area contributed by atoms with Crippen LogP contribution in [-0.4, -0.2) is 39.0 Å². The van der Waals surface area contributed by atoms with Crippen molar-refractivity contribution in [2.45, 2.75) is 6.92 Å². The Balaban J connectivity index is 1.45. The first kappa shape index (κ1) is 22.3. The SMILES string of the molecule is COc1cc([N+](=O)[O-])ccc1-c1ccc(/C=C2/C(=N)N3N=C(c4ccccc4C)SC3=NC2=O)o1. The molecular weight excluding hydrogens is 470 g/mol. The van der Waals surface area contributed by atoms with Crippen molar-refractivity contribution in [1.82, 2.24) is 5.01 Å². The predicted octanol–water partition coefficient (Wildman–Crippen LogP) is 4.84. The number of hydrazone groups is 1. The van der Waals surface area contributed by atoms with Crippen LogP contribution >= 0.6 is 11.8 Å². The molecule has 174 valence electrons. The van der Waals surface area contributed by atoms with Gasteiger partial charge in [0, 0.05) is 11.6 Å². The van der Waals surface area contributed by atoms with Crippen LogP contribution in [0.4, 0.5) is 5.69 Å². The van der Waals surface area contributed by atoms with E-state index in [-0.39, 0.29) is 22.8 Å². The molecule has 2 aliphatic rings. The highest BCUT2D eigenvalue weighted by molar-refractivity contribution is 8.27. The van der Waals surface area contributed by atoms with Gasteiger partial charge in [0.05, 0.1) is 29.2 Å². The van der Waals surface area contributed by atoms with E-state index in [2.05, 4.69) is 10.1 Å². The third-order valence-electron chi connectivity index (χ3n) is 5.40. The quantitative estimate of drug-likeness (QED) is 0.309. The molecule has 5 rings (SSSR count). The number of ether oxygens (including phenoxy) is 1. The molecular formula is C24H17N5O5S. The number of nitro benzene ring substituents is 1. The van der Waals surface area contributed by atoms with Crippen molar-refractivity contribution < 1.29 is 18.9 Å². The van der Waals surface area contributed by atoms with E-state index in [9.17, 15) is 14.9 Å². The lowest BCUT2D eigenvalue weighted by molar-refractivity contribution is -0.384. The summed E-state index contributed by atoms with van der Waals surface area (Å²) in [5.74, 6) is 0.291. The molecule has 0 aliphatic carbocycles. The number of aliphatic imine (C=N–C) groups is 1. The van der Waals surface area contributed by atoms with Gasteiger partial charge >= 0.3 is 0 Å². The number of methoxy groups -OCH3 is 1. The van der Waals surface area contributed by atoms with Crippen LogP contribution in [0.5, 0.6) is 5.75 Å². The summed E-state index contributed by atoms with van der Waals surface area (Å²) in [4.78, 5) is 27.4. The maximum absolute atomic E-state index is 12.7. The molecule has 1 amide bonds. The van der Waals surface area contributed by atoms with Gasteiger partial charge < -0.3 is 9.15 Å². The molecule has 1 N–H and O–H groups in total. The molecule has 0 saturated heterocycles. The van der Waals surface area contributed by atoms with Crippen molar-refractivity contribution in [2.75, 3.05) is 7.11 Å². The number of hydrogen-bond donors (Lipinski definition) is 1. The molecule has 10 nitrogen and oxygen atoms in total. The Hall–Kier alpha value is -4.51. The molecule has 0 bridgehead atoms. The van der Waals surface area contributed by atoms with Crippen LogP contribution in [0.1, 0.15) is 16.9 Å². The lowest BCUT2D eigenvalue weighted by atomic mass is 10.1. The average Bonchev–Trinajstić information content (AvgIpc) is 3.49. The number of amidine groups is 2. The molecule has 35 heavy (non-hydrogen) atoms. The third-order valence-corrected chi connectivity index (χ3v) is 6.35. The van der Waals surface area contributed by atoms with Crippen LogP contribution in [0, 0.1) is 22.4 Å². The summed E-state index contributed by atoms with van der Waals surface area (Å²) in [6, 6.07) is 15.2. The summed E-state index contributed by atoms with van der Waals surface area (Å²) >= 11 is 1.24. The lowest BCUT2D eigenvalue weighted by Gasteiger charge is -2.19. The fourth-order valence-corrected chi connectivity index (χ4v) is 4.61. The van der Waals surface area contributed by atoms with Crippen LogP contribution < -0.4 is 4.74 Å². The highest BCUT2D eigenvalue weighted by Gasteiger charge is 2.36. The fraction of sp³-hybridized carbons (Fsp3) is 0.0833. The molecule has 3 heterocycles. The molecule has 3 aromatic rings. The normalized spacial score (nSPS) is 16.3. The number of fused-ring (bicyclic) bond motifs is 1. The Labute approximate surface area is 203 Å². The first-order valence-electron chi connectivity index (χ1n) is 10.3. The van der Waals surface area contributed by atoms with E-state index in [0.717, 1.165) is 11.1 Å². The van der Waals surface area contributed by atoms with E-state index in [1.807, 2.05) is 31.2 Å². The minimum Gasteiger partial charge on any atom is -0.496 e. The molecule has 2 aliphatic heterocycles. The molecule has 0 saturated carbocycles. The minimum absolute atomic E-state index is 0.0284. The van der Waals surface area contributed by atoms with Crippen molar-refractivity contribution in [2.24, 2.45) is 10.1 Å². The number of carbonyl (C=O) groups excluding carboxylic acids is 1. The molecule has 0 fully saturated rings. The van der Waals surface area contributed by atoms with Crippen molar-refractivity contribution in [3.63, 3.8) is 0 Å². The number of nitrogens with zero attached hydrogens (tertiary/aromatic N) is 4. The van der Waals surface area contributed by atoms with Gasteiger partial charge in [-0.05, 0) is 48.5 Å². The van der Waals surface area contributed by atoms with E-state index in [1.165, 1.54) is 48.2 Å². The number of thioether (sulfide) groups is 1. The second-order valence-electron chi connectivity index (χ2n) is 7.58. The first-order valence-corrected chi connectivity index (χ1v) is 11.2. The van der Waals surface area contributed by atoms with Gasteiger partial charge in [0.25, 0.3) is 11.6 Å². The molecule has 0 radical (unpaired) electrons. The van der Waals surface area contributed by atoms with Crippen molar-refractivity contribution >= 4 is 45.5 Å². The van der Waals surface area contributed by atoms with Gasteiger partial charge in [0.2, 0.25) is 5.17 Å². The Morgan fingerprint density at radius 2 is 1.97 bits per heavy atom. The highest BCUT2D eigenvalue weighted by atomic mass is 32.2. The largest absolute Gasteiger partial charge is 0.496 e. The molecule has 1 aromatic heterocycles. The zero-order valence-electron chi connectivity index (χ0n) is 18.5. The number of aryl methyl sites for hydroxylation is 1. The van der Waals surface area contributed by atoms with E-state index in [4.69, 9.17) is 14.6 Å². The van der Waals surface area contributed by atoms with Crippen LogP contribution in [0.25, 0.3) is 17.4 Å². The maximum Gasteiger partial charge on any atom is 0.283 e. The molecule has 11 heteroatoms. The van der Waals surface area contributed by atoms with Gasteiger partial charge in [-0.25, -0.2) is 0 Å².